The van der Waals surface area contributed by atoms with Crippen LogP contribution in [0, 0.1) is 17.3 Å². The van der Waals surface area contributed by atoms with E-state index in [-0.39, 0.29) is 16.7 Å². The third-order valence-electron chi connectivity index (χ3n) is 6.29. The molecule has 3 nitrogen and oxygen atoms in total. The minimum atomic E-state index is -0.232. The predicted molar refractivity (Wildman–Crippen MR) is 81.0 cm³/mol. The van der Waals surface area contributed by atoms with E-state index in [2.05, 4.69) is 12.1 Å². The molecule has 2 atom stereocenters. The first-order valence-electron chi connectivity index (χ1n) is 8.00. The summed E-state index contributed by atoms with van der Waals surface area (Å²) < 4.78 is 5.27. The van der Waals surface area contributed by atoms with E-state index in [4.69, 9.17) is 10.5 Å². The van der Waals surface area contributed by atoms with Crippen LogP contribution in [0.2, 0.25) is 0 Å². The number of amides is 1. The second kappa shape index (κ2) is 4.25. The minimum absolute atomic E-state index is 0.0607. The van der Waals surface area contributed by atoms with Gasteiger partial charge in [0.25, 0.3) is 0 Å². The second-order valence-corrected chi connectivity index (χ2v) is 7.61. The lowest BCUT2D eigenvalue weighted by atomic mass is 9.42. The van der Waals surface area contributed by atoms with Crippen molar-refractivity contribution in [2.45, 2.75) is 43.9 Å². The van der Waals surface area contributed by atoms with E-state index in [0.717, 1.165) is 25.0 Å². The Morgan fingerprint density at radius 1 is 1.14 bits per heavy atom. The lowest BCUT2D eigenvalue weighted by Crippen LogP contribution is -2.58. The molecule has 3 heteroatoms. The molecule has 0 aliphatic heterocycles. The number of hydrogen-bond acceptors (Lipinski definition) is 2. The Morgan fingerprint density at radius 2 is 1.76 bits per heavy atom. The van der Waals surface area contributed by atoms with Crippen LogP contribution >= 0.6 is 0 Å². The quantitative estimate of drug-likeness (QED) is 0.928. The number of methoxy groups -OCH3 is 1. The Morgan fingerprint density at radius 3 is 2.29 bits per heavy atom. The summed E-state index contributed by atoms with van der Waals surface area (Å²) in [5.74, 6) is 2.20. The molecular formula is C18H23NO2. The number of nitrogens with two attached hydrogens (primary N) is 1. The van der Waals surface area contributed by atoms with Gasteiger partial charge in [-0.25, -0.2) is 0 Å². The molecule has 0 heterocycles. The predicted octanol–water partition coefficient (Wildman–Crippen LogP) is 3.02. The van der Waals surface area contributed by atoms with E-state index in [1.807, 2.05) is 12.1 Å². The number of carbonyl (C=O) groups is 1. The van der Waals surface area contributed by atoms with Crippen molar-refractivity contribution in [2.24, 2.45) is 23.0 Å². The van der Waals surface area contributed by atoms with Gasteiger partial charge in [-0.2, -0.15) is 0 Å². The van der Waals surface area contributed by atoms with Crippen molar-refractivity contribution in [1.29, 1.82) is 0 Å². The molecule has 4 saturated carbocycles. The van der Waals surface area contributed by atoms with Gasteiger partial charge in [0, 0.05) is 0 Å². The summed E-state index contributed by atoms with van der Waals surface area (Å²) >= 11 is 0. The van der Waals surface area contributed by atoms with E-state index in [1.54, 1.807) is 7.11 Å². The topological polar surface area (TPSA) is 52.3 Å². The maximum Gasteiger partial charge on any atom is 0.223 e. The Balaban J connectivity index is 1.75. The standard InChI is InChI=1S/C18H23NO2/c1-21-15-4-2-14(3-5-15)17-7-12-6-13(8-17)10-18(9-12,11-17)16(19)20/h2-5,12-13H,6-11H2,1H3,(H2,19,20)/t12-,13-,17?,18?/m1/s1. The third kappa shape index (κ3) is 1.82. The highest BCUT2D eigenvalue weighted by Gasteiger charge is 2.60. The molecule has 0 saturated heterocycles. The first-order chi connectivity index (χ1) is 10.1. The van der Waals surface area contributed by atoms with E-state index in [1.165, 1.54) is 24.8 Å². The molecule has 4 aliphatic carbocycles. The zero-order valence-electron chi connectivity index (χ0n) is 12.6. The van der Waals surface area contributed by atoms with E-state index < -0.39 is 0 Å². The highest BCUT2D eigenvalue weighted by molar-refractivity contribution is 5.81. The van der Waals surface area contributed by atoms with Crippen LogP contribution < -0.4 is 10.5 Å². The molecule has 4 bridgehead atoms. The average molecular weight is 285 g/mol. The maximum atomic E-state index is 12.1. The van der Waals surface area contributed by atoms with Crippen molar-refractivity contribution >= 4 is 5.91 Å². The Labute approximate surface area is 125 Å². The van der Waals surface area contributed by atoms with E-state index in [9.17, 15) is 4.79 Å². The third-order valence-corrected chi connectivity index (χ3v) is 6.29. The summed E-state index contributed by atoms with van der Waals surface area (Å²) in [7, 11) is 1.70. The summed E-state index contributed by atoms with van der Waals surface area (Å²) in [5.41, 5.74) is 7.13. The van der Waals surface area contributed by atoms with Crippen molar-refractivity contribution in [3.63, 3.8) is 0 Å². The van der Waals surface area contributed by atoms with Crippen LogP contribution in [0.3, 0.4) is 0 Å². The number of carbonyl (C=O) groups excluding carboxylic acids is 1. The van der Waals surface area contributed by atoms with E-state index >= 15 is 0 Å². The van der Waals surface area contributed by atoms with Crippen LogP contribution in [0.1, 0.15) is 44.1 Å². The van der Waals surface area contributed by atoms with Crippen molar-refractivity contribution in [2.75, 3.05) is 7.11 Å². The van der Waals surface area contributed by atoms with Gasteiger partial charge in [-0.1, -0.05) is 12.1 Å². The van der Waals surface area contributed by atoms with E-state index in [0.29, 0.717) is 11.8 Å². The zero-order valence-corrected chi connectivity index (χ0v) is 12.6. The highest BCUT2D eigenvalue weighted by Crippen LogP contribution is 2.65. The van der Waals surface area contributed by atoms with Gasteiger partial charge < -0.3 is 10.5 Å². The van der Waals surface area contributed by atoms with Crippen LogP contribution in [-0.2, 0) is 10.2 Å². The molecule has 4 aliphatic rings. The molecule has 0 radical (unpaired) electrons. The Bertz CT molecular complexity index is 563. The van der Waals surface area contributed by atoms with Crippen LogP contribution in [0.5, 0.6) is 5.75 Å². The molecule has 5 rings (SSSR count). The van der Waals surface area contributed by atoms with Gasteiger partial charge in [0.1, 0.15) is 5.75 Å². The van der Waals surface area contributed by atoms with Gasteiger partial charge in [-0.3, -0.25) is 4.79 Å². The van der Waals surface area contributed by atoms with Gasteiger partial charge in [-0.15, -0.1) is 0 Å². The number of hydrogen-bond donors (Lipinski definition) is 1. The van der Waals surface area contributed by atoms with Crippen LogP contribution in [0.4, 0.5) is 0 Å². The minimum Gasteiger partial charge on any atom is -0.497 e. The fourth-order valence-corrected chi connectivity index (χ4v) is 5.83. The summed E-state index contributed by atoms with van der Waals surface area (Å²) in [5, 5.41) is 0. The van der Waals surface area contributed by atoms with Crippen molar-refractivity contribution in [1.82, 2.24) is 0 Å². The summed E-state index contributed by atoms with van der Waals surface area (Å²) in [4.78, 5) is 12.1. The molecule has 0 spiro atoms. The van der Waals surface area contributed by atoms with Gasteiger partial charge in [0.2, 0.25) is 5.91 Å². The molecule has 112 valence electrons. The molecule has 1 aromatic rings. The number of ether oxygens (including phenoxy) is 1. The number of primary amides is 1. The first kappa shape index (κ1) is 13.2. The monoisotopic (exact) mass is 285 g/mol. The summed E-state index contributed by atoms with van der Waals surface area (Å²) in [6, 6.07) is 8.48. The van der Waals surface area contributed by atoms with Crippen LogP contribution in [-0.4, -0.2) is 13.0 Å². The number of rotatable bonds is 3. The fourth-order valence-electron chi connectivity index (χ4n) is 5.83. The second-order valence-electron chi connectivity index (χ2n) is 7.61. The Hall–Kier alpha value is -1.51. The fraction of sp³-hybridized carbons (Fsp3) is 0.611. The lowest BCUT2D eigenvalue weighted by Gasteiger charge is -2.61. The molecule has 21 heavy (non-hydrogen) atoms. The van der Waals surface area contributed by atoms with Crippen LogP contribution in [0.25, 0.3) is 0 Å². The van der Waals surface area contributed by atoms with Gasteiger partial charge in [0.05, 0.1) is 12.5 Å². The van der Waals surface area contributed by atoms with Crippen molar-refractivity contribution in [3.05, 3.63) is 29.8 Å². The van der Waals surface area contributed by atoms with Crippen molar-refractivity contribution in [3.8, 4) is 5.75 Å². The zero-order chi connectivity index (χ0) is 14.7. The average Bonchev–Trinajstić information content (AvgIpc) is 2.46. The molecular weight excluding hydrogens is 262 g/mol. The molecule has 4 fully saturated rings. The molecule has 2 N–H and O–H groups in total. The smallest absolute Gasteiger partial charge is 0.223 e. The maximum absolute atomic E-state index is 12.1. The molecule has 0 unspecified atom stereocenters. The first-order valence-corrected chi connectivity index (χ1v) is 8.00. The lowest BCUT2D eigenvalue weighted by molar-refractivity contribution is -0.145. The summed E-state index contributed by atoms with van der Waals surface area (Å²) in [6.07, 6.45) is 6.75. The van der Waals surface area contributed by atoms with Crippen molar-refractivity contribution < 1.29 is 9.53 Å². The largest absolute Gasteiger partial charge is 0.497 e. The normalized spacial score (nSPS) is 40.2. The number of benzene rings is 1. The van der Waals surface area contributed by atoms with Gasteiger partial charge in [0.15, 0.2) is 0 Å². The van der Waals surface area contributed by atoms with Gasteiger partial charge >= 0.3 is 0 Å². The summed E-state index contributed by atoms with van der Waals surface area (Å²) in [6.45, 7) is 0. The molecule has 1 amide bonds. The van der Waals surface area contributed by atoms with Gasteiger partial charge in [-0.05, 0) is 73.5 Å². The highest BCUT2D eigenvalue weighted by atomic mass is 16.5. The van der Waals surface area contributed by atoms with Crippen LogP contribution in [0.15, 0.2) is 24.3 Å². The molecule has 0 aromatic heterocycles. The SMILES string of the molecule is COc1ccc(C23C[C@H]4C[C@@H](CC(C(N)=O)(C4)C2)C3)cc1. The molecule has 1 aromatic carbocycles. The Kier molecular flexibility index (Phi) is 2.66.